The van der Waals surface area contributed by atoms with Crippen molar-refractivity contribution in [2.75, 3.05) is 13.6 Å². The first-order valence-electron chi connectivity index (χ1n) is 8.58. The van der Waals surface area contributed by atoms with E-state index in [1.165, 1.54) is 51.5 Å². The van der Waals surface area contributed by atoms with E-state index < -0.39 is 0 Å². The summed E-state index contributed by atoms with van der Waals surface area (Å²) in [5, 5.41) is 3.61. The summed E-state index contributed by atoms with van der Waals surface area (Å²) in [5.41, 5.74) is 0. The second-order valence-corrected chi connectivity index (χ2v) is 7.16. The Balaban J connectivity index is 2.03. The van der Waals surface area contributed by atoms with Gasteiger partial charge in [-0.3, -0.25) is 4.90 Å². The topological polar surface area (TPSA) is 15.3 Å². The minimum Gasteiger partial charge on any atom is -0.315 e. The van der Waals surface area contributed by atoms with Gasteiger partial charge >= 0.3 is 0 Å². The van der Waals surface area contributed by atoms with Crippen LogP contribution in [0.25, 0.3) is 0 Å². The van der Waals surface area contributed by atoms with Gasteiger partial charge in [-0.25, -0.2) is 0 Å². The molecule has 0 aromatic rings. The highest BCUT2D eigenvalue weighted by Gasteiger charge is 2.37. The van der Waals surface area contributed by atoms with Crippen molar-refractivity contribution in [1.29, 1.82) is 0 Å². The van der Waals surface area contributed by atoms with Crippen molar-refractivity contribution in [3.8, 4) is 0 Å². The number of piperidine rings is 1. The Bertz CT molecular complexity index is 266. The van der Waals surface area contributed by atoms with Gasteiger partial charge in [-0.2, -0.15) is 0 Å². The molecule has 2 rings (SSSR count). The first-order valence-corrected chi connectivity index (χ1v) is 8.58. The van der Waals surface area contributed by atoms with Crippen LogP contribution in [0.2, 0.25) is 0 Å². The third-order valence-electron chi connectivity index (χ3n) is 5.58. The van der Waals surface area contributed by atoms with E-state index in [0.29, 0.717) is 0 Å². The molecule has 1 saturated heterocycles. The Kier molecular flexibility index (Phi) is 5.70. The molecule has 5 unspecified atom stereocenters. The zero-order chi connectivity index (χ0) is 13.8. The lowest BCUT2D eigenvalue weighted by Crippen LogP contribution is -2.57. The highest BCUT2D eigenvalue weighted by Crippen LogP contribution is 2.34. The van der Waals surface area contributed by atoms with Gasteiger partial charge in [0.2, 0.25) is 0 Å². The number of rotatable bonds is 4. The quantitative estimate of drug-likeness (QED) is 0.835. The van der Waals surface area contributed by atoms with E-state index in [0.717, 1.165) is 30.0 Å². The van der Waals surface area contributed by atoms with Crippen LogP contribution in [0.1, 0.15) is 65.7 Å². The Morgan fingerprint density at radius 2 is 1.89 bits per heavy atom. The SMILES string of the molecule is CCCC1CCC(NC)C(N2CC(C)CCC2C)C1. The van der Waals surface area contributed by atoms with E-state index in [-0.39, 0.29) is 0 Å². The van der Waals surface area contributed by atoms with Crippen LogP contribution < -0.4 is 5.32 Å². The molecule has 1 N–H and O–H groups in total. The van der Waals surface area contributed by atoms with Gasteiger partial charge in [-0.05, 0) is 57.9 Å². The van der Waals surface area contributed by atoms with Gasteiger partial charge in [0.15, 0.2) is 0 Å². The molecular formula is C17H34N2. The summed E-state index contributed by atoms with van der Waals surface area (Å²) in [6.07, 6.45) is 9.85. The second-order valence-electron chi connectivity index (χ2n) is 7.16. The first kappa shape index (κ1) is 15.3. The van der Waals surface area contributed by atoms with Gasteiger partial charge in [0.1, 0.15) is 0 Å². The summed E-state index contributed by atoms with van der Waals surface area (Å²) in [5.74, 6) is 1.87. The molecule has 2 nitrogen and oxygen atoms in total. The molecule has 1 saturated carbocycles. The summed E-state index contributed by atoms with van der Waals surface area (Å²) >= 11 is 0. The van der Waals surface area contributed by atoms with Crippen LogP contribution in [0.4, 0.5) is 0 Å². The van der Waals surface area contributed by atoms with Crippen LogP contribution in [0, 0.1) is 11.8 Å². The number of nitrogens with zero attached hydrogens (tertiary/aromatic N) is 1. The molecule has 0 aromatic heterocycles. The monoisotopic (exact) mass is 266 g/mol. The predicted molar refractivity (Wildman–Crippen MR) is 83.5 cm³/mol. The highest BCUT2D eigenvalue weighted by atomic mass is 15.2. The first-order chi connectivity index (χ1) is 9.15. The third kappa shape index (κ3) is 3.72. The molecule has 0 aromatic carbocycles. The van der Waals surface area contributed by atoms with Crippen molar-refractivity contribution in [2.45, 2.75) is 83.8 Å². The number of likely N-dealkylation sites (tertiary alicyclic amines) is 1. The second kappa shape index (κ2) is 7.08. The largest absolute Gasteiger partial charge is 0.315 e. The average molecular weight is 266 g/mol. The summed E-state index contributed by atoms with van der Waals surface area (Å²) in [7, 11) is 2.16. The molecule has 0 radical (unpaired) electrons. The van der Waals surface area contributed by atoms with Gasteiger partial charge in [0, 0.05) is 24.7 Å². The van der Waals surface area contributed by atoms with Crippen LogP contribution in [0.15, 0.2) is 0 Å². The number of hydrogen-bond acceptors (Lipinski definition) is 2. The number of hydrogen-bond donors (Lipinski definition) is 1. The average Bonchev–Trinajstić information content (AvgIpc) is 2.42. The maximum Gasteiger partial charge on any atom is 0.0254 e. The molecule has 1 aliphatic carbocycles. The summed E-state index contributed by atoms with van der Waals surface area (Å²) < 4.78 is 0. The van der Waals surface area contributed by atoms with Crippen LogP contribution in [-0.2, 0) is 0 Å². The van der Waals surface area contributed by atoms with E-state index in [9.17, 15) is 0 Å². The predicted octanol–water partition coefficient (Wildman–Crippen LogP) is 3.66. The Hall–Kier alpha value is -0.0800. The number of nitrogens with one attached hydrogen (secondary N) is 1. The molecule has 2 heteroatoms. The third-order valence-corrected chi connectivity index (χ3v) is 5.58. The van der Waals surface area contributed by atoms with E-state index in [4.69, 9.17) is 0 Å². The Morgan fingerprint density at radius 1 is 1.11 bits per heavy atom. The summed E-state index contributed by atoms with van der Waals surface area (Å²) in [6.45, 7) is 8.54. The molecule has 5 atom stereocenters. The zero-order valence-electron chi connectivity index (χ0n) is 13.5. The molecule has 0 bridgehead atoms. The Morgan fingerprint density at radius 3 is 2.58 bits per heavy atom. The highest BCUT2D eigenvalue weighted by molar-refractivity contribution is 4.94. The lowest BCUT2D eigenvalue weighted by Gasteiger charge is -2.48. The van der Waals surface area contributed by atoms with Crippen molar-refractivity contribution in [1.82, 2.24) is 10.2 Å². The molecule has 1 aliphatic heterocycles. The van der Waals surface area contributed by atoms with Crippen molar-refractivity contribution in [2.24, 2.45) is 11.8 Å². The van der Waals surface area contributed by atoms with E-state index >= 15 is 0 Å². The van der Waals surface area contributed by atoms with Crippen LogP contribution in [0.5, 0.6) is 0 Å². The fourth-order valence-corrected chi connectivity index (χ4v) is 4.39. The lowest BCUT2D eigenvalue weighted by molar-refractivity contribution is 0.0267. The summed E-state index contributed by atoms with van der Waals surface area (Å²) in [4.78, 5) is 2.84. The van der Waals surface area contributed by atoms with Crippen LogP contribution in [0.3, 0.4) is 0 Å². The fourth-order valence-electron chi connectivity index (χ4n) is 4.39. The molecule has 112 valence electrons. The molecule has 19 heavy (non-hydrogen) atoms. The molecule has 0 spiro atoms. The number of likely N-dealkylation sites (N-methyl/N-ethyl adjacent to an activating group) is 1. The molecular weight excluding hydrogens is 232 g/mol. The van der Waals surface area contributed by atoms with Crippen molar-refractivity contribution >= 4 is 0 Å². The molecule has 2 fully saturated rings. The van der Waals surface area contributed by atoms with Crippen molar-refractivity contribution in [3.63, 3.8) is 0 Å². The normalized spacial score (nSPS) is 41.4. The maximum absolute atomic E-state index is 3.61. The minimum absolute atomic E-state index is 0.723. The van der Waals surface area contributed by atoms with Gasteiger partial charge in [-0.1, -0.05) is 26.7 Å². The summed E-state index contributed by atoms with van der Waals surface area (Å²) in [6, 6.07) is 2.30. The molecule has 0 amide bonds. The maximum atomic E-state index is 3.61. The van der Waals surface area contributed by atoms with Crippen molar-refractivity contribution in [3.05, 3.63) is 0 Å². The fraction of sp³-hybridized carbons (Fsp3) is 1.00. The van der Waals surface area contributed by atoms with Gasteiger partial charge in [0.25, 0.3) is 0 Å². The molecule has 1 heterocycles. The van der Waals surface area contributed by atoms with Crippen LogP contribution in [-0.4, -0.2) is 36.6 Å². The van der Waals surface area contributed by atoms with E-state index in [1.54, 1.807) is 0 Å². The smallest absolute Gasteiger partial charge is 0.0254 e. The van der Waals surface area contributed by atoms with E-state index in [1.807, 2.05) is 0 Å². The zero-order valence-corrected chi connectivity index (χ0v) is 13.5. The Labute approximate surface area is 120 Å². The van der Waals surface area contributed by atoms with Gasteiger partial charge in [-0.15, -0.1) is 0 Å². The van der Waals surface area contributed by atoms with E-state index in [2.05, 4.69) is 38.0 Å². The van der Waals surface area contributed by atoms with Crippen LogP contribution >= 0.6 is 0 Å². The van der Waals surface area contributed by atoms with Crippen molar-refractivity contribution < 1.29 is 0 Å². The standard InChI is InChI=1S/C17H34N2/c1-5-6-15-9-10-16(18-4)17(11-15)19-12-13(2)7-8-14(19)3/h13-18H,5-12H2,1-4H3. The van der Waals surface area contributed by atoms with Gasteiger partial charge in [0.05, 0.1) is 0 Å². The minimum atomic E-state index is 0.723. The lowest BCUT2D eigenvalue weighted by atomic mass is 9.78. The molecule has 2 aliphatic rings. The van der Waals surface area contributed by atoms with Gasteiger partial charge < -0.3 is 5.32 Å².